The third-order valence-corrected chi connectivity index (χ3v) is 5.21. The Kier molecular flexibility index (Phi) is 5.58. The van der Waals surface area contributed by atoms with Gasteiger partial charge < -0.3 is 10.1 Å². The number of primary sulfonamides is 1. The van der Waals surface area contributed by atoms with Gasteiger partial charge in [0.1, 0.15) is 5.82 Å². The summed E-state index contributed by atoms with van der Waals surface area (Å²) in [6.45, 7) is 3.56. The maximum Gasteiger partial charge on any atom is 0.419 e. The van der Waals surface area contributed by atoms with E-state index in [-0.39, 0.29) is 10.8 Å². The zero-order valence-corrected chi connectivity index (χ0v) is 16.6. The van der Waals surface area contributed by atoms with Gasteiger partial charge in [0, 0.05) is 11.4 Å². The Hall–Kier alpha value is -3.02. The normalized spacial score (nSPS) is 11.1. The van der Waals surface area contributed by atoms with Crippen molar-refractivity contribution >= 4 is 44.0 Å². The molecule has 0 aliphatic rings. The standard InChI is InChI=1S/C17H17N5O4S2/c1-10-5-3-8-14(19-10)22-17(23)26-15-16(27-11(2)20-15)21-12-6-4-7-13(9-12)28(18,24)25/h3-9,21H,1-2H3,(H2,18,24,25)(H,19,22,23). The number of aromatic nitrogens is 2. The maximum absolute atomic E-state index is 12.2. The molecule has 0 radical (unpaired) electrons. The topological polar surface area (TPSA) is 136 Å². The molecule has 0 fully saturated rings. The molecule has 0 bridgehead atoms. The number of sulfonamides is 1. The van der Waals surface area contributed by atoms with Crippen molar-refractivity contribution in [2.24, 2.45) is 5.14 Å². The van der Waals surface area contributed by atoms with E-state index >= 15 is 0 Å². The lowest BCUT2D eigenvalue weighted by atomic mass is 10.3. The number of nitrogens with one attached hydrogen (secondary N) is 2. The first-order chi connectivity index (χ1) is 13.2. The van der Waals surface area contributed by atoms with Crippen molar-refractivity contribution in [2.75, 3.05) is 10.6 Å². The van der Waals surface area contributed by atoms with Crippen LogP contribution in [-0.2, 0) is 10.0 Å². The first-order valence-corrected chi connectivity index (χ1v) is 10.4. The number of carbonyl (C=O) groups excluding carboxylic acids is 1. The van der Waals surface area contributed by atoms with Gasteiger partial charge in [0.25, 0.3) is 5.88 Å². The number of nitrogens with two attached hydrogens (primary N) is 1. The Morgan fingerprint density at radius 1 is 1.14 bits per heavy atom. The molecule has 3 aromatic rings. The number of pyridine rings is 1. The Bertz CT molecular complexity index is 1130. The van der Waals surface area contributed by atoms with Gasteiger partial charge in [-0.05, 0) is 44.2 Å². The highest BCUT2D eigenvalue weighted by Crippen LogP contribution is 2.34. The second-order valence-electron chi connectivity index (χ2n) is 5.74. The molecule has 28 heavy (non-hydrogen) atoms. The molecular weight excluding hydrogens is 402 g/mol. The first kappa shape index (κ1) is 19.7. The highest BCUT2D eigenvalue weighted by molar-refractivity contribution is 7.89. The van der Waals surface area contributed by atoms with Crippen LogP contribution in [0.25, 0.3) is 0 Å². The Morgan fingerprint density at radius 3 is 2.61 bits per heavy atom. The molecule has 9 nitrogen and oxygen atoms in total. The number of nitrogens with zero attached hydrogens (tertiary/aromatic N) is 2. The van der Waals surface area contributed by atoms with E-state index in [0.29, 0.717) is 21.5 Å². The largest absolute Gasteiger partial charge is 0.419 e. The second-order valence-corrected chi connectivity index (χ2v) is 8.51. The van der Waals surface area contributed by atoms with Crippen LogP contribution in [0.2, 0.25) is 0 Å². The monoisotopic (exact) mass is 419 g/mol. The average Bonchev–Trinajstić information content (AvgIpc) is 2.93. The molecule has 0 spiro atoms. The van der Waals surface area contributed by atoms with Gasteiger partial charge >= 0.3 is 6.09 Å². The second kappa shape index (κ2) is 7.92. The van der Waals surface area contributed by atoms with E-state index in [1.807, 2.05) is 0 Å². The van der Waals surface area contributed by atoms with Crippen molar-refractivity contribution < 1.29 is 17.9 Å². The van der Waals surface area contributed by atoms with Crippen molar-refractivity contribution in [3.05, 3.63) is 53.2 Å². The van der Waals surface area contributed by atoms with E-state index in [0.717, 1.165) is 5.69 Å². The van der Waals surface area contributed by atoms with Crippen molar-refractivity contribution in [3.63, 3.8) is 0 Å². The highest BCUT2D eigenvalue weighted by atomic mass is 32.2. The minimum absolute atomic E-state index is 0.0375. The summed E-state index contributed by atoms with van der Waals surface area (Å²) >= 11 is 1.25. The fraction of sp³-hybridized carbons (Fsp3) is 0.118. The molecule has 4 N–H and O–H groups in total. The number of carbonyl (C=O) groups is 1. The lowest BCUT2D eigenvalue weighted by molar-refractivity contribution is 0.213. The molecular formula is C17H17N5O4S2. The summed E-state index contributed by atoms with van der Waals surface area (Å²) < 4.78 is 28.3. The fourth-order valence-electron chi connectivity index (χ4n) is 2.27. The minimum atomic E-state index is -3.83. The molecule has 3 rings (SSSR count). The van der Waals surface area contributed by atoms with Crippen LogP contribution < -0.4 is 20.5 Å². The number of rotatable bonds is 5. The highest BCUT2D eigenvalue weighted by Gasteiger charge is 2.16. The number of benzene rings is 1. The van der Waals surface area contributed by atoms with Crippen LogP contribution in [0.15, 0.2) is 47.4 Å². The zero-order chi connectivity index (χ0) is 20.3. The number of hydrogen-bond acceptors (Lipinski definition) is 8. The third-order valence-electron chi connectivity index (χ3n) is 3.43. The summed E-state index contributed by atoms with van der Waals surface area (Å²) in [5.41, 5.74) is 1.21. The molecule has 2 heterocycles. The molecule has 146 valence electrons. The number of thiazole rings is 1. The van der Waals surface area contributed by atoms with Crippen LogP contribution in [0.1, 0.15) is 10.7 Å². The molecule has 2 aromatic heterocycles. The van der Waals surface area contributed by atoms with Crippen molar-refractivity contribution in [3.8, 4) is 5.88 Å². The zero-order valence-electron chi connectivity index (χ0n) is 15.0. The van der Waals surface area contributed by atoms with Gasteiger partial charge in [0.15, 0.2) is 5.00 Å². The van der Waals surface area contributed by atoms with Crippen molar-refractivity contribution in [2.45, 2.75) is 18.7 Å². The van der Waals surface area contributed by atoms with E-state index in [2.05, 4.69) is 20.6 Å². The van der Waals surface area contributed by atoms with Gasteiger partial charge in [-0.2, -0.15) is 0 Å². The van der Waals surface area contributed by atoms with E-state index < -0.39 is 16.1 Å². The predicted octanol–water partition coefficient (Wildman–Crippen LogP) is 3.16. The van der Waals surface area contributed by atoms with Gasteiger partial charge in [-0.25, -0.2) is 28.3 Å². The molecule has 0 saturated carbocycles. The average molecular weight is 419 g/mol. The lowest BCUT2D eigenvalue weighted by Crippen LogP contribution is -2.18. The van der Waals surface area contributed by atoms with Gasteiger partial charge in [0.05, 0.1) is 9.90 Å². The number of aryl methyl sites for hydroxylation is 2. The molecule has 0 aliphatic carbocycles. The van der Waals surface area contributed by atoms with Gasteiger partial charge in [-0.3, -0.25) is 5.32 Å². The summed E-state index contributed by atoms with van der Waals surface area (Å²) in [7, 11) is -3.83. The van der Waals surface area contributed by atoms with E-state index in [1.165, 1.54) is 23.5 Å². The molecule has 0 atom stereocenters. The molecule has 1 amide bonds. The summed E-state index contributed by atoms with van der Waals surface area (Å²) in [6.07, 6.45) is -0.746. The summed E-state index contributed by atoms with van der Waals surface area (Å²) in [6, 6.07) is 11.2. The Morgan fingerprint density at radius 2 is 1.89 bits per heavy atom. The lowest BCUT2D eigenvalue weighted by Gasteiger charge is -2.08. The number of ether oxygens (including phenoxy) is 1. The van der Waals surface area contributed by atoms with Crippen LogP contribution in [0.4, 0.5) is 21.3 Å². The fourth-order valence-corrected chi connectivity index (χ4v) is 3.60. The number of hydrogen-bond donors (Lipinski definition) is 3. The van der Waals surface area contributed by atoms with E-state index in [4.69, 9.17) is 9.88 Å². The smallest absolute Gasteiger partial charge is 0.388 e. The Balaban J connectivity index is 1.77. The maximum atomic E-state index is 12.2. The Labute approximate surface area is 165 Å². The molecule has 0 saturated heterocycles. The van der Waals surface area contributed by atoms with Gasteiger partial charge in [-0.1, -0.05) is 23.5 Å². The summed E-state index contributed by atoms with van der Waals surface area (Å²) in [4.78, 5) is 20.5. The van der Waals surface area contributed by atoms with Crippen molar-refractivity contribution in [1.82, 2.24) is 9.97 Å². The van der Waals surface area contributed by atoms with E-state index in [1.54, 1.807) is 44.2 Å². The number of amides is 1. The molecule has 1 aromatic carbocycles. The van der Waals surface area contributed by atoms with Crippen LogP contribution >= 0.6 is 11.3 Å². The third kappa shape index (κ3) is 5.03. The van der Waals surface area contributed by atoms with Gasteiger partial charge in [-0.15, -0.1) is 0 Å². The van der Waals surface area contributed by atoms with Crippen LogP contribution in [0, 0.1) is 13.8 Å². The molecule has 11 heteroatoms. The molecule has 0 aliphatic heterocycles. The van der Waals surface area contributed by atoms with Crippen LogP contribution in [-0.4, -0.2) is 24.5 Å². The minimum Gasteiger partial charge on any atom is -0.388 e. The first-order valence-electron chi connectivity index (χ1n) is 8.00. The summed E-state index contributed by atoms with van der Waals surface area (Å²) in [5, 5.41) is 11.8. The van der Waals surface area contributed by atoms with Crippen LogP contribution in [0.3, 0.4) is 0 Å². The quantitative estimate of drug-likeness (QED) is 0.578. The van der Waals surface area contributed by atoms with E-state index in [9.17, 15) is 13.2 Å². The number of anilines is 3. The molecule has 0 unspecified atom stereocenters. The van der Waals surface area contributed by atoms with Crippen LogP contribution in [0.5, 0.6) is 5.88 Å². The summed E-state index contributed by atoms with van der Waals surface area (Å²) in [5.74, 6) is 0.418. The SMILES string of the molecule is Cc1cccc(NC(=O)Oc2nc(C)sc2Nc2cccc(S(N)(=O)=O)c2)n1. The van der Waals surface area contributed by atoms with Gasteiger partial charge in [0.2, 0.25) is 10.0 Å². The van der Waals surface area contributed by atoms with Crippen molar-refractivity contribution in [1.29, 1.82) is 0 Å². The predicted molar refractivity (Wildman–Crippen MR) is 107 cm³/mol.